The first kappa shape index (κ1) is 29.0. The molecule has 0 heterocycles. The smallest absolute Gasteiger partial charge is 0.00139 e. The Kier molecular flexibility index (Phi) is 6.35. The first-order chi connectivity index (χ1) is 25.8. The molecule has 0 unspecified atom stereocenters. The van der Waals surface area contributed by atoms with Crippen LogP contribution < -0.4 is 0 Å². The molecule has 0 aliphatic carbocycles. The van der Waals surface area contributed by atoms with Gasteiger partial charge in [-0.1, -0.05) is 170 Å². The quantitative estimate of drug-likeness (QED) is 0.166. The topological polar surface area (TPSA) is 0 Å². The van der Waals surface area contributed by atoms with Crippen molar-refractivity contribution in [3.63, 3.8) is 0 Å². The zero-order valence-electron chi connectivity index (χ0n) is 28.5. The summed E-state index contributed by atoms with van der Waals surface area (Å²) in [7, 11) is 0. The summed E-state index contributed by atoms with van der Waals surface area (Å²) in [6.07, 6.45) is 0. The SMILES string of the molecule is c1ccc2c(c1)cc(-c1ccc3cc(-c4c(-c5cc6ccccc6c6ccccc56)c5ccccc5c5ccccc45)ccc3c1)c1ccccc12. The van der Waals surface area contributed by atoms with Gasteiger partial charge in [0.05, 0.1) is 0 Å². The van der Waals surface area contributed by atoms with Crippen molar-refractivity contribution in [1.29, 1.82) is 0 Å². The molecule has 0 bridgehead atoms. The predicted octanol–water partition coefficient (Wildman–Crippen LogP) is 14.8. The van der Waals surface area contributed by atoms with Crippen molar-refractivity contribution in [2.75, 3.05) is 0 Å². The Bertz CT molecular complexity index is 3240. The van der Waals surface area contributed by atoms with E-state index >= 15 is 0 Å². The Labute approximate surface area is 301 Å². The molecule has 0 amide bonds. The van der Waals surface area contributed by atoms with E-state index in [2.05, 4.69) is 194 Å². The van der Waals surface area contributed by atoms with Crippen molar-refractivity contribution < 1.29 is 0 Å². The van der Waals surface area contributed by atoms with E-state index in [0.717, 1.165) is 0 Å². The molecule has 0 nitrogen and oxygen atoms in total. The molecule has 11 aromatic rings. The fraction of sp³-hybridized carbons (Fsp3) is 0. The zero-order valence-corrected chi connectivity index (χ0v) is 28.5. The molecule has 52 heavy (non-hydrogen) atoms. The molecular formula is C52H32. The van der Waals surface area contributed by atoms with E-state index in [1.54, 1.807) is 0 Å². The van der Waals surface area contributed by atoms with Crippen LogP contribution in [0, 0.1) is 0 Å². The van der Waals surface area contributed by atoms with E-state index in [9.17, 15) is 0 Å². The molecule has 0 aliphatic heterocycles. The average molecular weight is 657 g/mol. The maximum atomic E-state index is 2.42. The minimum atomic E-state index is 1.23. The molecule has 0 aromatic heterocycles. The summed E-state index contributed by atoms with van der Waals surface area (Å²) in [5.74, 6) is 0. The van der Waals surface area contributed by atoms with Gasteiger partial charge < -0.3 is 0 Å². The number of hydrogen-bond donors (Lipinski definition) is 0. The van der Waals surface area contributed by atoms with E-state index < -0.39 is 0 Å². The molecule has 0 spiro atoms. The van der Waals surface area contributed by atoms with Gasteiger partial charge in [0.1, 0.15) is 0 Å². The highest BCUT2D eigenvalue weighted by Gasteiger charge is 2.20. The summed E-state index contributed by atoms with van der Waals surface area (Å²) >= 11 is 0. The van der Waals surface area contributed by atoms with Gasteiger partial charge in [-0.15, -0.1) is 0 Å². The summed E-state index contributed by atoms with van der Waals surface area (Å²) in [6, 6.07) is 71.9. The highest BCUT2D eigenvalue weighted by molar-refractivity contribution is 6.26. The minimum Gasteiger partial charge on any atom is -0.0616 e. The third-order valence-corrected chi connectivity index (χ3v) is 11.2. The summed E-state index contributed by atoms with van der Waals surface area (Å²) in [5, 5.41) is 17.8. The van der Waals surface area contributed by atoms with Crippen LogP contribution in [0.3, 0.4) is 0 Å². The molecule has 0 saturated heterocycles. The maximum absolute atomic E-state index is 2.42. The molecule has 0 saturated carbocycles. The Morgan fingerprint density at radius 2 is 0.558 bits per heavy atom. The Morgan fingerprint density at radius 3 is 1.12 bits per heavy atom. The van der Waals surface area contributed by atoms with E-state index in [4.69, 9.17) is 0 Å². The van der Waals surface area contributed by atoms with Crippen LogP contribution in [-0.4, -0.2) is 0 Å². The van der Waals surface area contributed by atoms with Crippen molar-refractivity contribution in [3.05, 3.63) is 194 Å². The average Bonchev–Trinajstić information content (AvgIpc) is 3.22. The largest absolute Gasteiger partial charge is 0.0616 e. The van der Waals surface area contributed by atoms with Crippen LogP contribution in [0.25, 0.3) is 109 Å². The van der Waals surface area contributed by atoms with Gasteiger partial charge in [-0.05, 0) is 133 Å². The molecule has 0 heteroatoms. The standard InChI is InChI=1S/C52H32/c1-3-15-39-35(13-1)31-49(45-21-7-5-17-41(39)45)37-27-25-34-30-38(28-26-33(34)29-37)51-47-23-11-9-19-43(47)44-20-10-12-24-48(44)52(51)50-32-36-14-2-4-16-40(36)42-18-6-8-22-46(42)50/h1-32H. The van der Waals surface area contributed by atoms with Crippen LogP contribution in [0.1, 0.15) is 0 Å². The number of benzene rings is 11. The molecule has 0 atom stereocenters. The summed E-state index contributed by atoms with van der Waals surface area (Å²) in [4.78, 5) is 0. The van der Waals surface area contributed by atoms with E-state index in [1.807, 2.05) is 0 Å². The predicted molar refractivity (Wildman–Crippen MR) is 225 cm³/mol. The van der Waals surface area contributed by atoms with Gasteiger partial charge in [0.15, 0.2) is 0 Å². The van der Waals surface area contributed by atoms with Gasteiger partial charge in [0.25, 0.3) is 0 Å². The normalized spacial score (nSPS) is 11.8. The molecular weight excluding hydrogens is 625 g/mol. The van der Waals surface area contributed by atoms with Crippen LogP contribution in [0.4, 0.5) is 0 Å². The summed E-state index contributed by atoms with van der Waals surface area (Å²) < 4.78 is 0. The van der Waals surface area contributed by atoms with Crippen LogP contribution >= 0.6 is 0 Å². The van der Waals surface area contributed by atoms with Gasteiger partial charge >= 0.3 is 0 Å². The lowest BCUT2D eigenvalue weighted by molar-refractivity contribution is 1.66. The lowest BCUT2D eigenvalue weighted by Gasteiger charge is -2.21. The summed E-state index contributed by atoms with van der Waals surface area (Å²) in [5.41, 5.74) is 7.57. The highest BCUT2D eigenvalue weighted by atomic mass is 14.2. The highest BCUT2D eigenvalue weighted by Crippen LogP contribution is 2.48. The first-order valence-electron chi connectivity index (χ1n) is 18.1. The van der Waals surface area contributed by atoms with Gasteiger partial charge in [-0.3, -0.25) is 0 Å². The van der Waals surface area contributed by atoms with Crippen molar-refractivity contribution in [2.45, 2.75) is 0 Å². The van der Waals surface area contributed by atoms with Crippen molar-refractivity contribution in [2.24, 2.45) is 0 Å². The first-order valence-corrected chi connectivity index (χ1v) is 18.1. The number of rotatable bonds is 3. The lowest BCUT2D eigenvalue weighted by Crippen LogP contribution is -1.93. The fourth-order valence-corrected chi connectivity index (χ4v) is 8.84. The summed E-state index contributed by atoms with van der Waals surface area (Å²) in [6.45, 7) is 0. The van der Waals surface area contributed by atoms with Gasteiger partial charge in [-0.2, -0.15) is 0 Å². The van der Waals surface area contributed by atoms with Crippen molar-refractivity contribution in [3.8, 4) is 33.4 Å². The van der Waals surface area contributed by atoms with E-state index in [0.29, 0.717) is 0 Å². The molecule has 11 rings (SSSR count). The Balaban J connectivity index is 1.18. The van der Waals surface area contributed by atoms with Crippen LogP contribution in [0.15, 0.2) is 194 Å². The van der Waals surface area contributed by atoms with Crippen molar-refractivity contribution >= 4 is 75.4 Å². The third kappa shape index (κ3) is 4.35. The second kappa shape index (κ2) is 11.4. The zero-order chi connectivity index (χ0) is 34.2. The number of hydrogen-bond acceptors (Lipinski definition) is 0. The third-order valence-electron chi connectivity index (χ3n) is 11.2. The molecule has 240 valence electrons. The Morgan fingerprint density at radius 1 is 0.192 bits per heavy atom. The van der Waals surface area contributed by atoms with Gasteiger partial charge in [0, 0.05) is 0 Å². The lowest BCUT2D eigenvalue weighted by atomic mass is 9.82. The van der Waals surface area contributed by atoms with Crippen LogP contribution in [0.5, 0.6) is 0 Å². The van der Waals surface area contributed by atoms with Crippen LogP contribution in [0.2, 0.25) is 0 Å². The second-order valence-electron chi connectivity index (χ2n) is 14.0. The van der Waals surface area contributed by atoms with Gasteiger partial charge in [-0.25, -0.2) is 0 Å². The van der Waals surface area contributed by atoms with E-state index in [-0.39, 0.29) is 0 Å². The fourth-order valence-electron chi connectivity index (χ4n) is 8.84. The monoisotopic (exact) mass is 656 g/mol. The second-order valence-corrected chi connectivity index (χ2v) is 14.0. The molecule has 0 N–H and O–H groups in total. The Hall–Kier alpha value is -6.76. The van der Waals surface area contributed by atoms with Crippen LogP contribution in [-0.2, 0) is 0 Å². The van der Waals surface area contributed by atoms with Gasteiger partial charge in [0.2, 0.25) is 0 Å². The minimum absolute atomic E-state index is 1.23. The number of fused-ring (bicyclic) bond motifs is 10. The van der Waals surface area contributed by atoms with E-state index in [1.165, 1.54) is 109 Å². The molecule has 11 aromatic carbocycles. The molecule has 0 fully saturated rings. The molecule has 0 aliphatic rings. The maximum Gasteiger partial charge on any atom is -0.00139 e. The van der Waals surface area contributed by atoms with Crippen molar-refractivity contribution in [1.82, 2.24) is 0 Å². The molecule has 0 radical (unpaired) electrons.